The highest BCUT2D eigenvalue weighted by atomic mass is 35.5. The third-order valence-electron chi connectivity index (χ3n) is 4.14. The molecular formula is C13H25ClN2O2. The fourth-order valence-corrected chi connectivity index (χ4v) is 3.05. The number of rotatable bonds is 4. The van der Waals surface area contributed by atoms with Gasteiger partial charge in [0.1, 0.15) is 0 Å². The third kappa shape index (κ3) is 4.75. The lowest BCUT2D eigenvalue weighted by Gasteiger charge is -2.40. The van der Waals surface area contributed by atoms with Crippen molar-refractivity contribution in [1.29, 1.82) is 0 Å². The van der Waals surface area contributed by atoms with E-state index in [0.717, 1.165) is 32.2 Å². The highest BCUT2D eigenvalue weighted by molar-refractivity contribution is 5.85. The first-order chi connectivity index (χ1) is 8.25. The first-order valence-electron chi connectivity index (χ1n) is 6.94. The molecule has 1 aliphatic carbocycles. The fraction of sp³-hybridized carbons (Fsp3) is 0.923. The van der Waals surface area contributed by atoms with E-state index in [0.29, 0.717) is 6.54 Å². The smallest absolute Gasteiger partial charge is 0.304 e. The van der Waals surface area contributed by atoms with Crippen LogP contribution >= 0.6 is 12.4 Å². The Bertz CT molecular complexity index is 249. The van der Waals surface area contributed by atoms with Crippen LogP contribution in [0.5, 0.6) is 0 Å². The van der Waals surface area contributed by atoms with Crippen molar-refractivity contribution in [2.45, 2.75) is 44.6 Å². The maximum absolute atomic E-state index is 10.5. The molecule has 0 spiro atoms. The van der Waals surface area contributed by atoms with Gasteiger partial charge in [-0.15, -0.1) is 12.4 Å². The molecule has 0 aromatic rings. The Balaban J connectivity index is 0.00000162. The molecule has 5 heteroatoms. The monoisotopic (exact) mass is 276 g/mol. The van der Waals surface area contributed by atoms with Gasteiger partial charge in [0.25, 0.3) is 0 Å². The molecule has 1 saturated carbocycles. The minimum atomic E-state index is -0.681. The first-order valence-corrected chi connectivity index (χ1v) is 6.94. The van der Waals surface area contributed by atoms with E-state index in [-0.39, 0.29) is 18.8 Å². The first kappa shape index (κ1) is 15.7. The summed E-state index contributed by atoms with van der Waals surface area (Å²) >= 11 is 0. The molecule has 2 rings (SSSR count). The van der Waals surface area contributed by atoms with Crippen LogP contribution in [-0.4, -0.2) is 59.6 Å². The molecule has 1 saturated heterocycles. The normalized spacial score (nSPS) is 23.6. The van der Waals surface area contributed by atoms with Crippen molar-refractivity contribution in [3.8, 4) is 0 Å². The third-order valence-corrected chi connectivity index (χ3v) is 4.14. The molecule has 4 nitrogen and oxygen atoms in total. The number of aliphatic carboxylic acids is 1. The van der Waals surface area contributed by atoms with Gasteiger partial charge in [0, 0.05) is 38.8 Å². The van der Waals surface area contributed by atoms with E-state index in [2.05, 4.69) is 9.80 Å². The van der Waals surface area contributed by atoms with Crippen molar-refractivity contribution in [1.82, 2.24) is 9.80 Å². The molecule has 0 radical (unpaired) electrons. The fourth-order valence-electron chi connectivity index (χ4n) is 3.05. The highest BCUT2D eigenvalue weighted by Gasteiger charge is 2.24. The molecule has 0 atom stereocenters. The topological polar surface area (TPSA) is 43.8 Å². The zero-order valence-corrected chi connectivity index (χ0v) is 11.8. The molecule has 0 aromatic heterocycles. The Morgan fingerprint density at radius 3 is 2.22 bits per heavy atom. The van der Waals surface area contributed by atoms with Gasteiger partial charge in [0.05, 0.1) is 6.42 Å². The number of carboxylic acid groups (broad SMARTS) is 1. The second-order valence-electron chi connectivity index (χ2n) is 5.31. The van der Waals surface area contributed by atoms with Crippen molar-refractivity contribution in [2.75, 3.05) is 32.7 Å². The molecule has 0 aromatic carbocycles. The largest absolute Gasteiger partial charge is 0.481 e. The summed E-state index contributed by atoms with van der Waals surface area (Å²) in [7, 11) is 0. The van der Waals surface area contributed by atoms with Gasteiger partial charge >= 0.3 is 5.97 Å². The van der Waals surface area contributed by atoms with Crippen LogP contribution in [0.2, 0.25) is 0 Å². The molecule has 2 fully saturated rings. The van der Waals surface area contributed by atoms with Gasteiger partial charge < -0.3 is 10.0 Å². The van der Waals surface area contributed by atoms with Gasteiger partial charge in [-0.1, -0.05) is 19.3 Å². The lowest BCUT2D eigenvalue weighted by molar-refractivity contribution is -0.137. The van der Waals surface area contributed by atoms with Crippen LogP contribution in [0.15, 0.2) is 0 Å². The van der Waals surface area contributed by atoms with Gasteiger partial charge in [-0.2, -0.15) is 0 Å². The van der Waals surface area contributed by atoms with Crippen molar-refractivity contribution < 1.29 is 9.90 Å². The van der Waals surface area contributed by atoms with Gasteiger partial charge in [-0.05, 0) is 12.8 Å². The van der Waals surface area contributed by atoms with E-state index >= 15 is 0 Å². The summed E-state index contributed by atoms with van der Waals surface area (Å²) in [5.74, 6) is -0.681. The van der Waals surface area contributed by atoms with Crippen LogP contribution in [0.4, 0.5) is 0 Å². The van der Waals surface area contributed by atoms with Crippen molar-refractivity contribution in [3.05, 3.63) is 0 Å². The van der Waals surface area contributed by atoms with E-state index in [1.807, 2.05) is 0 Å². The van der Waals surface area contributed by atoms with E-state index in [4.69, 9.17) is 5.11 Å². The Morgan fingerprint density at radius 2 is 1.67 bits per heavy atom. The summed E-state index contributed by atoms with van der Waals surface area (Å²) in [5.41, 5.74) is 0. The number of piperazine rings is 1. The Hall–Kier alpha value is -0.320. The van der Waals surface area contributed by atoms with E-state index in [1.165, 1.54) is 32.1 Å². The zero-order valence-electron chi connectivity index (χ0n) is 11.0. The lowest BCUT2D eigenvalue weighted by Crippen LogP contribution is -2.51. The Labute approximate surface area is 116 Å². The minimum absolute atomic E-state index is 0. The predicted molar refractivity (Wildman–Crippen MR) is 74.4 cm³/mol. The standard InChI is InChI=1S/C13H24N2O2.ClH/c16-13(17)6-7-14-8-10-15(11-9-14)12-4-2-1-3-5-12;/h12H,1-11H2,(H,16,17);1H. The molecule has 1 N–H and O–H groups in total. The van der Waals surface area contributed by atoms with E-state index in [9.17, 15) is 4.79 Å². The van der Waals surface area contributed by atoms with E-state index in [1.54, 1.807) is 0 Å². The SMILES string of the molecule is Cl.O=C(O)CCN1CCN(C2CCCCC2)CC1. The number of carbonyl (C=O) groups is 1. The second kappa shape index (κ2) is 7.97. The molecule has 0 amide bonds. The van der Waals surface area contributed by atoms with Crippen molar-refractivity contribution in [3.63, 3.8) is 0 Å². The number of hydrogen-bond acceptors (Lipinski definition) is 3. The summed E-state index contributed by atoms with van der Waals surface area (Å²) in [6, 6.07) is 0.811. The van der Waals surface area contributed by atoms with Crippen LogP contribution in [0.25, 0.3) is 0 Å². The van der Waals surface area contributed by atoms with Crippen LogP contribution in [0.1, 0.15) is 38.5 Å². The lowest BCUT2D eigenvalue weighted by atomic mass is 9.94. The van der Waals surface area contributed by atoms with Gasteiger partial charge in [0.15, 0.2) is 0 Å². The number of hydrogen-bond donors (Lipinski definition) is 1. The summed E-state index contributed by atoms with van der Waals surface area (Å²) in [6.07, 6.45) is 7.22. The summed E-state index contributed by atoms with van der Waals surface area (Å²) in [5, 5.41) is 8.66. The maximum Gasteiger partial charge on any atom is 0.304 e. The van der Waals surface area contributed by atoms with Crippen molar-refractivity contribution in [2.24, 2.45) is 0 Å². The average Bonchev–Trinajstić information content (AvgIpc) is 2.38. The van der Waals surface area contributed by atoms with Crippen LogP contribution in [-0.2, 0) is 4.79 Å². The number of halogens is 1. The van der Waals surface area contributed by atoms with Crippen LogP contribution in [0, 0.1) is 0 Å². The quantitative estimate of drug-likeness (QED) is 0.851. The molecule has 18 heavy (non-hydrogen) atoms. The van der Waals surface area contributed by atoms with Crippen LogP contribution < -0.4 is 0 Å². The second-order valence-corrected chi connectivity index (χ2v) is 5.31. The molecular weight excluding hydrogens is 252 g/mol. The molecule has 0 bridgehead atoms. The summed E-state index contributed by atoms with van der Waals surface area (Å²) in [6.45, 7) is 5.07. The summed E-state index contributed by atoms with van der Waals surface area (Å²) in [4.78, 5) is 15.4. The predicted octanol–water partition coefficient (Wildman–Crippen LogP) is 1.83. The van der Waals surface area contributed by atoms with Gasteiger partial charge in [0.2, 0.25) is 0 Å². The number of nitrogens with zero attached hydrogens (tertiary/aromatic N) is 2. The molecule has 0 unspecified atom stereocenters. The summed E-state index contributed by atoms with van der Waals surface area (Å²) < 4.78 is 0. The molecule has 2 aliphatic rings. The minimum Gasteiger partial charge on any atom is -0.481 e. The van der Waals surface area contributed by atoms with Gasteiger partial charge in [-0.25, -0.2) is 0 Å². The molecule has 106 valence electrons. The number of carboxylic acids is 1. The average molecular weight is 277 g/mol. The highest BCUT2D eigenvalue weighted by Crippen LogP contribution is 2.23. The maximum atomic E-state index is 10.5. The van der Waals surface area contributed by atoms with Crippen LogP contribution in [0.3, 0.4) is 0 Å². The molecule has 1 heterocycles. The zero-order chi connectivity index (χ0) is 12.1. The molecule has 1 aliphatic heterocycles. The van der Waals surface area contributed by atoms with Crippen molar-refractivity contribution >= 4 is 18.4 Å². The Morgan fingerprint density at radius 1 is 1.06 bits per heavy atom. The van der Waals surface area contributed by atoms with Gasteiger partial charge in [-0.3, -0.25) is 9.69 Å². The Kier molecular flexibility index (Phi) is 6.97. The van der Waals surface area contributed by atoms with E-state index < -0.39 is 5.97 Å².